The van der Waals surface area contributed by atoms with Crippen LogP contribution in [0.5, 0.6) is 5.75 Å². The van der Waals surface area contributed by atoms with Gasteiger partial charge in [0.05, 0.1) is 11.7 Å². The van der Waals surface area contributed by atoms with Crippen LogP contribution in [0.4, 0.5) is 0 Å². The minimum Gasteiger partial charge on any atom is -0.483 e. The number of nitrogens with one attached hydrogen (secondary N) is 2. The number of rotatable bonds is 7. The van der Waals surface area contributed by atoms with Gasteiger partial charge < -0.3 is 9.47 Å². The highest BCUT2D eigenvalue weighted by Crippen LogP contribution is 2.26. The highest BCUT2D eigenvalue weighted by atomic mass is 32.2. The van der Waals surface area contributed by atoms with Crippen LogP contribution in [0, 0.1) is 13.8 Å². The number of hydrogen-bond donors (Lipinski definition) is 2. The molecular weight excluding hydrogens is 388 g/mol. The molecule has 1 aliphatic heterocycles. The zero-order chi connectivity index (χ0) is 20.6. The average Bonchev–Trinajstić information content (AvgIpc) is 3.25. The maximum Gasteiger partial charge on any atom is 0.276 e. The van der Waals surface area contributed by atoms with Crippen LogP contribution in [0.2, 0.25) is 0 Å². The van der Waals surface area contributed by atoms with Gasteiger partial charge in [-0.2, -0.15) is 0 Å². The molecule has 7 heteroatoms. The molecule has 0 aliphatic carbocycles. The molecule has 1 saturated heterocycles. The zero-order valence-corrected chi connectivity index (χ0v) is 17.5. The second kappa shape index (κ2) is 10.3. The van der Waals surface area contributed by atoms with E-state index in [0.29, 0.717) is 11.3 Å². The van der Waals surface area contributed by atoms with E-state index < -0.39 is 5.91 Å². The van der Waals surface area contributed by atoms with Crippen molar-refractivity contribution in [1.29, 1.82) is 0 Å². The summed E-state index contributed by atoms with van der Waals surface area (Å²) in [4.78, 5) is 25.5. The lowest BCUT2D eigenvalue weighted by Crippen LogP contribution is -2.44. The molecule has 154 valence electrons. The summed E-state index contributed by atoms with van der Waals surface area (Å²) in [5, 5.41) is 0. The molecule has 2 amide bonds. The number of thioether (sulfide) groups is 1. The number of benzene rings is 2. The third-order valence-corrected chi connectivity index (χ3v) is 5.80. The molecule has 29 heavy (non-hydrogen) atoms. The largest absolute Gasteiger partial charge is 0.483 e. The Morgan fingerprint density at radius 2 is 2.00 bits per heavy atom. The lowest BCUT2D eigenvalue weighted by Gasteiger charge is -2.13. The fraction of sp³-hybridized carbons (Fsp3) is 0.364. The first-order valence-electron chi connectivity index (χ1n) is 9.65. The fourth-order valence-corrected chi connectivity index (χ4v) is 4.09. The normalized spacial score (nSPS) is 15.7. The van der Waals surface area contributed by atoms with Crippen molar-refractivity contribution >= 4 is 23.6 Å². The number of amides is 2. The summed E-state index contributed by atoms with van der Waals surface area (Å²) in [5.41, 5.74) is 7.40. The Labute approximate surface area is 175 Å². The fourth-order valence-electron chi connectivity index (χ4n) is 2.97. The smallest absolute Gasteiger partial charge is 0.276 e. The van der Waals surface area contributed by atoms with Gasteiger partial charge in [-0.15, -0.1) is 11.8 Å². The summed E-state index contributed by atoms with van der Waals surface area (Å²) in [5.74, 6) is 0.673. The number of hydrazine groups is 1. The summed E-state index contributed by atoms with van der Waals surface area (Å²) in [6, 6.07) is 13.1. The van der Waals surface area contributed by atoms with Gasteiger partial charge in [-0.25, -0.2) is 0 Å². The molecule has 3 rings (SSSR count). The number of hydrogen-bond acceptors (Lipinski definition) is 5. The van der Waals surface area contributed by atoms with E-state index in [4.69, 9.17) is 9.47 Å². The van der Waals surface area contributed by atoms with E-state index in [1.165, 1.54) is 0 Å². The topological polar surface area (TPSA) is 76.7 Å². The van der Waals surface area contributed by atoms with Crippen LogP contribution in [-0.4, -0.2) is 36.9 Å². The van der Waals surface area contributed by atoms with Crippen LogP contribution >= 0.6 is 11.8 Å². The first kappa shape index (κ1) is 21.2. The summed E-state index contributed by atoms with van der Waals surface area (Å²) in [7, 11) is 0. The maximum atomic E-state index is 12.5. The van der Waals surface area contributed by atoms with Crippen molar-refractivity contribution in [2.75, 3.05) is 19.0 Å². The molecule has 1 atom stereocenters. The molecule has 1 heterocycles. The van der Waals surface area contributed by atoms with Gasteiger partial charge in [0.1, 0.15) is 5.75 Å². The van der Waals surface area contributed by atoms with Gasteiger partial charge in [0.2, 0.25) is 0 Å². The van der Waals surface area contributed by atoms with E-state index in [1.807, 2.05) is 44.2 Å². The Morgan fingerprint density at radius 3 is 2.79 bits per heavy atom. The molecule has 0 saturated carbocycles. The predicted molar refractivity (Wildman–Crippen MR) is 113 cm³/mol. The van der Waals surface area contributed by atoms with Crippen LogP contribution in [0.15, 0.2) is 47.4 Å². The Kier molecular flexibility index (Phi) is 7.55. The van der Waals surface area contributed by atoms with Gasteiger partial charge in [0, 0.05) is 17.3 Å². The van der Waals surface area contributed by atoms with Crippen molar-refractivity contribution in [3.63, 3.8) is 0 Å². The molecular formula is C22H26N2O4S. The van der Waals surface area contributed by atoms with Crippen molar-refractivity contribution in [2.24, 2.45) is 0 Å². The van der Waals surface area contributed by atoms with Crippen LogP contribution in [0.1, 0.15) is 34.3 Å². The molecule has 2 N–H and O–H groups in total. The lowest BCUT2D eigenvalue weighted by atomic mass is 10.1. The van der Waals surface area contributed by atoms with E-state index in [-0.39, 0.29) is 18.6 Å². The Hall–Kier alpha value is -2.51. The molecule has 0 aromatic heterocycles. The van der Waals surface area contributed by atoms with Gasteiger partial charge >= 0.3 is 0 Å². The Morgan fingerprint density at radius 1 is 1.17 bits per heavy atom. The molecule has 0 radical (unpaired) electrons. The zero-order valence-electron chi connectivity index (χ0n) is 16.7. The van der Waals surface area contributed by atoms with Crippen molar-refractivity contribution in [2.45, 2.75) is 37.7 Å². The third kappa shape index (κ3) is 6.24. The molecule has 2 aromatic rings. The van der Waals surface area contributed by atoms with Crippen LogP contribution < -0.4 is 15.6 Å². The van der Waals surface area contributed by atoms with Gasteiger partial charge in [-0.3, -0.25) is 20.4 Å². The summed E-state index contributed by atoms with van der Waals surface area (Å²) in [6.45, 7) is 4.50. The third-order valence-electron chi connectivity index (χ3n) is 4.60. The minimum atomic E-state index is -0.427. The van der Waals surface area contributed by atoms with Gasteiger partial charge in [0.25, 0.3) is 11.8 Å². The first-order valence-corrected chi connectivity index (χ1v) is 10.6. The van der Waals surface area contributed by atoms with Crippen molar-refractivity contribution in [3.8, 4) is 5.75 Å². The number of carbonyl (C=O) groups is 2. The van der Waals surface area contributed by atoms with E-state index in [1.54, 1.807) is 23.9 Å². The molecule has 1 aliphatic rings. The summed E-state index contributed by atoms with van der Waals surface area (Å²) < 4.78 is 11.2. The Bertz CT molecular complexity index is 866. The SMILES string of the molecule is Cc1ccc(C)c(OCC(=O)NNC(=O)c2ccccc2SCC2CCCO2)c1. The van der Waals surface area contributed by atoms with Gasteiger partial charge in [0.15, 0.2) is 6.61 Å². The van der Waals surface area contributed by atoms with Gasteiger partial charge in [-0.05, 0) is 56.0 Å². The summed E-state index contributed by atoms with van der Waals surface area (Å²) in [6.07, 6.45) is 2.37. The number of ether oxygens (including phenoxy) is 2. The van der Waals surface area contributed by atoms with E-state index in [0.717, 1.165) is 41.2 Å². The van der Waals surface area contributed by atoms with Crippen molar-refractivity contribution < 1.29 is 19.1 Å². The van der Waals surface area contributed by atoms with Crippen molar-refractivity contribution in [1.82, 2.24) is 10.9 Å². The monoisotopic (exact) mass is 414 g/mol. The molecule has 1 unspecified atom stereocenters. The second-order valence-corrected chi connectivity index (χ2v) is 8.06. The summed E-state index contributed by atoms with van der Waals surface area (Å²) >= 11 is 1.59. The van der Waals surface area contributed by atoms with Crippen molar-refractivity contribution in [3.05, 3.63) is 59.2 Å². The van der Waals surface area contributed by atoms with Crippen LogP contribution in [0.3, 0.4) is 0 Å². The van der Waals surface area contributed by atoms with Crippen LogP contribution in [-0.2, 0) is 9.53 Å². The number of carbonyl (C=O) groups excluding carboxylic acids is 2. The van der Waals surface area contributed by atoms with E-state index >= 15 is 0 Å². The maximum absolute atomic E-state index is 12.5. The Balaban J connectivity index is 1.49. The van der Waals surface area contributed by atoms with E-state index in [9.17, 15) is 9.59 Å². The molecule has 6 nitrogen and oxygen atoms in total. The quantitative estimate of drug-likeness (QED) is 0.536. The van der Waals surface area contributed by atoms with Gasteiger partial charge in [-0.1, -0.05) is 24.3 Å². The minimum absolute atomic E-state index is 0.181. The predicted octanol–water partition coefficient (Wildman–Crippen LogP) is 3.41. The molecule has 0 bridgehead atoms. The average molecular weight is 415 g/mol. The highest BCUT2D eigenvalue weighted by molar-refractivity contribution is 7.99. The number of aryl methyl sites for hydroxylation is 2. The standard InChI is InChI=1S/C22H26N2O4S/c1-15-9-10-16(2)19(12-15)28-13-21(25)23-24-22(26)18-7-3-4-8-20(18)29-14-17-6-5-11-27-17/h3-4,7-10,12,17H,5-6,11,13-14H2,1-2H3,(H,23,25)(H,24,26). The first-order chi connectivity index (χ1) is 14.0. The molecule has 2 aromatic carbocycles. The second-order valence-electron chi connectivity index (χ2n) is 7.00. The highest BCUT2D eigenvalue weighted by Gasteiger charge is 2.18. The lowest BCUT2D eigenvalue weighted by molar-refractivity contribution is -0.123. The molecule has 0 spiro atoms. The molecule has 1 fully saturated rings. The van der Waals surface area contributed by atoms with Crippen LogP contribution in [0.25, 0.3) is 0 Å². The van der Waals surface area contributed by atoms with E-state index in [2.05, 4.69) is 10.9 Å².